The molecule has 0 bridgehead atoms. The lowest BCUT2D eigenvalue weighted by Gasteiger charge is -2.29. The number of benzene rings is 1. The number of aromatic nitrogens is 2. The fraction of sp³-hybridized carbons (Fsp3) is 0.391. The molecule has 206 valence electrons. The number of carbonyl (C=O) groups excluding carboxylic acids is 2. The highest BCUT2D eigenvalue weighted by atomic mass is 19.2. The van der Waals surface area contributed by atoms with Crippen LogP contribution in [0.15, 0.2) is 45.8 Å². The highest BCUT2D eigenvalue weighted by Gasteiger charge is 2.39. The second kappa shape index (κ2) is 12.5. The van der Waals surface area contributed by atoms with E-state index in [2.05, 4.69) is 10.3 Å². The maximum absolute atomic E-state index is 13.9. The number of H-pyrrole nitrogens is 1. The largest absolute Gasteiger partial charge is 0.459 e. The smallest absolute Gasteiger partial charge is 0.330 e. The minimum atomic E-state index is -1.74. The second-order valence-corrected chi connectivity index (χ2v) is 8.05. The van der Waals surface area contributed by atoms with Gasteiger partial charge in [-0.15, -0.1) is 0 Å². The number of halogens is 3. The summed E-state index contributed by atoms with van der Waals surface area (Å²) in [6.07, 6.45) is -0.265. The van der Waals surface area contributed by atoms with Crippen LogP contribution in [0.5, 0.6) is 0 Å². The molecular formula is C23H25F3N4O8. The molecule has 0 radical (unpaired) electrons. The van der Waals surface area contributed by atoms with Crippen molar-refractivity contribution in [2.75, 3.05) is 12.4 Å². The van der Waals surface area contributed by atoms with Crippen LogP contribution in [-0.2, 0) is 23.8 Å². The lowest BCUT2D eigenvalue weighted by atomic mass is 10.1. The van der Waals surface area contributed by atoms with Crippen LogP contribution in [0.4, 0.5) is 18.9 Å². The predicted molar refractivity (Wildman–Crippen MR) is 124 cm³/mol. The van der Waals surface area contributed by atoms with Gasteiger partial charge in [-0.25, -0.2) is 18.0 Å². The molecule has 2 amide bonds. The molecule has 12 nitrogen and oxygen atoms in total. The zero-order valence-corrected chi connectivity index (χ0v) is 20.0. The Morgan fingerprint density at radius 1 is 1.16 bits per heavy atom. The lowest BCUT2D eigenvalue weighted by Crippen LogP contribution is -2.44. The molecule has 15 heteroatoms. The van der Waals surface area contributed by atoms with Gasteiger partial charge >= 0.3 is 5.69 Å². The van der Waals surface area contributed by atoms with Crippen molar-refractivity contribution in [3.63, 3.8) is 0 Å². The summed E-state index contributed by atoms with van der Waals surface area (Å²) in [5, 5.41) is 9.09. The monoisotopic (exact) mass is 542 g/mol. The van der Waals surface area contributed by atoms with Gasteiger partial charge in [0.15, 0.2) is 29.3 Å². The Morgan fingerprint density at radius 2 is 1.89 bits per heavy atom. The standard InChI is InChI=1S/C22H21F3N4O7.CH4O/c23-10-4-5-11(18(25)17(10)24)27-21(32)13-2-1-3-16(35-13)36-19(20(26)31)12-6-7-15(34-12)29-9-8-14(30)28-22(29)33;1-2/h2,4-5,8-9,12,15-16,19H,1,3,6-7H2,(H2,26,31)(H,27,32)(H,28,30,33);2H,1H3/t12?,15?,16-,19?;/m1./s1. The number of allylic oxidation sites excluding steroid dienone is 1. The third-order valence-corrected chi connectivity index (χ3v) is 5.61. The number of carbonyl (C=O) groups is 2. The number of hydrogen-bond donors (Lipinski definition) is 4. The number of ether oxygens (including phenoxy) is 3. The number of rotatable bonds is 7. The highest BCUT2D eigenvalue weighted by molar-refractivity contribution is 6.02. The fourth-order valence-electron chi connectivity index (χ4n) is 3.88. The van der Waals surface area contributed by atoms with Gasteiger partial charge in [-0.1, -0.05) is 0 Å². The normalized spacial score (nSPS) is 21.4. The summed E-state index contributed by atoms with van der Waals surface area (Å²) in [6, 6.07) is 2.67. The number of primary amides is 1. The molecule has 1 saturated heterocycles. The molecule has 3 unspecified atom stereocenters. The zero-order chi connectivity index (χ0) is 28.0. The van der Waals surface area contributed by atoms with Crippen molar-refractivity contribution in [2.24, 2.45) is 5.73 Å². The van der Waals surface area contributed by atoms with E-state index in [-0.39, 0.29) is 25.0 Å². The number of aliphatic hydroxyl groups is 1. The summed E-state index contributed by atoms with van der Waals surface area (Å²) in [5.41, 5.74) is 3.64. The van der Waals surface area contributed by atoms with Crippen LogP contribution in [0.1, 0.15) is 31.9 Å². The van der Waals surface area contributed by atoms with E-state index in [0.29, 0.717) is 12.5 Å². The van der Waals surface area contributed by atoms with E-state index in [1.165, 1.54) is 16.8 Å². The summed E-state index contributed by atoms with van der Waals surface area (Å²) in [6.45, 7) is 0. The van der Waals surface area contributed by atoms with Crippen LogP contribution in [0.25, 0.3) is 0 Å². The van der Waals surface area contributed by atoms with Crippen molar-refractivity contribution in [2.45, 2.75) is 50.4 Å². The van der Waals surface area contributed by atoms with E-state index in [1.807, 2.05) is 0 Å². The van der Waals surface area contributed by atoms with Gasteiger partial charge < -0.3 is 30.4 Å². The molecule has 0 saturated carbocycles. The number of anilines is 1. The van der Waals surface area contributed by atoms with Gasteiger partial charge in [0.1, 0.15) is 6.23 Å². The Labute approximate surface area is 212 Å². The number of hydrogen-bond acceptors (Lipinski definition) is 8. The van der Waals surface area contributed by atoms with Crippen molar-refractivity contribution in [3.05, 3.63) is 74.5 Å². The molecule has 4 rings (SSSR count). The van der Waals surface area contributed by atoms with Crippen LogP contribution in [0.2, 0.25) is 0 Å². The number of aliphatic hydroxyl groups excluding tert-OH is 1. The first-order valence-electron chi connectivity index (χ1n) is 11.3. The van der Waals surface area contributed by atoms with Crippen molar-refractivity contribution >= 4 is 17.5 Å². The average Bonchev–Trinajstić information content (AvgIpc) is 3.38. The lowest BCUT2D eigenvalue weighted by molar-refractivity contribution is -0.194. The number of nitrogens with zero attached hydrogens (tertiary/aromatic N) is 1. The molecule has 38 heavy (non-hydrogen) atoms. The summed E-state index contributed by atoms with van der Waals surface area (Å²) in [4.78, 5) is 50.0. The van der Waals surface area contributed by atoms with Crippen molar-refractivity contribution in [3.8, 4) is 0 Å². The maximum Gasteiger partial charge on any atom is 0.330 e. The summed E-state index contributed by atoms with van der Waals surface area (Å²) >= 11 is 0. The SMILES string of the molecule is CO.NC(=O)C(O[C@@H]1CCC=C(C(=O)Nc2ccc(F)c(F)c2F)O1)C1CCC(n2ccc(=O)[nH]c2=O)O1. The highest BCUT2D eigenvalue weighted by Crippen LogP contribution is 2.31. The van der Waals surface area contributed by atoms with Crippen molar-refractivity contribution < 1.29 is 42.1 Å². The Balaban J connectivity index is 0.00000195. The quantitative estimate of drug-likeness (QED) is 0.371. The molecule has 2 aliphatic rings. The van der Waals surface area contributed by atoms with Crippen LogP contribution >= 0.6 is 0 Å². The Hall–Kier alpha value is -3.95. The topological polar surface area (TPSA) is 175 Å². The minimum absolute atomic E-state index is 0.232. The van der Waals surface area contributed by atoms with Gasteiger partial charge in [-0.05, 0) is 37.5 Å². The molecule has 5 N–H and O–H groups in total. The third kappa shape index (κ3) is 6.48. The van der Waals surface area contributed by atoms with E-state index in [4.69, 9.17) is 25.1 Å². The molecule has 1 aromatic carbocycles. The van der Waals surface area contributed by atoms with E-state index < -0.39 is 70.9 Å². The van der Waals surface area contributed by atoms with Gasteiger partial charge in [0, 0.05) is 25.8 Å². The molecule has 3 heterocycles. The van der Waals surface area contributed by atoms with Gasteiger partial charge in [0.25, 0.3) is 11.5 Å². The zero-order valence-electron chi connectivity index (χ0n) is 20.0. The maximum atomic E-state index is 13.9. The van der Waals surface area contributed by atoms with Crippen LogP contribution in [-0.4, -0.2) is 52.1 Å². The Morgan fingerprint density at radius 3 is 2.58 bits per heavy atom. The van der Waals surface area contributed by atoms with E-state index in [1.54, 1.807) is 0 Å². The average molecular weight is 542 g/mol. The molecular weight excluding hydrogens is 517 g/mol. The van der Waals surface area contributed by atoms with E-state index in [0.717, 1.165) is 19.2 Å². The first-order chi connectivity index (χ1) is 18.1. The Bertz CT molecular complexity index is 1330. The Kier molecular flexibility index (Phi) is 9.44. The molecule has 1 aromatic heterocycles. The molecule has 1 fully saturated rings. The van der Waals surface area contributed by atoms with Crippen LogP contribution in [0, 0.1) is 17.5 Å². The number of nitrogens with one attached hydrogen (secondary N) is 2. The van der Waals surface area contributed by atoms with E-state index in [9.17, 15) is 32.3 Å². The van der Waals surface area contributed by atoms with Gasteiger partial charge in [0.2, 0.25) is 12.2 Å². The van der Waals surface area contributed by atoms with Crippen molar-refractivity contribution in [1.82, 2.24) is 9.55 Å². The van der Waals surface area contributed by atoms with Crippen LogP contribution < -0.4 is 22.3 Å². The first kappa shape index (κ1) is 28.6. The third-order valence-electron chi connectivity index (χ3n) is 5.61. The summed E-state index contributed by atoms with van der Waals surface area (Å²) < 4.78 is 58.5. The predicted octanol–water partition coefficient (Wildman–Crippen LogP) is 0.770. The molecule has 0 aliphatic carbocycles. The van der Waals surface area contributed by atoms with Gasteiger partial charge in [-0.2, -0.15) is 0 Å². The molecule has 4 atom stereocenters. The second-order valence-electron chi connectivity index (χ2n) is 8.05. The summed E-state index contributed by atoms with van der Waals surface area (Å²) in [7, 11) is 1.00. The molecule has 2 aromatic rings. The molecule has 0 spiro atoms. The minimum Gasteiger partial charge on any atom is -0.459 e. The van der Waals surface area contributed by atoms with Crippen molar-refractivity contribution in [1.29, 1.82) is 0 Å². The molecule has 2 aliphatic heterocycles. The number of amides is 2. The number of nitrogens with two attached hydrogens (primary N) is 1. The van der Waals surface area contributed by atoms with E-state index >= 15 is 0 Å². The summed E-state index contributed by atoms with van der Waals surface area (Å²) in [5.74, 6) is -6.83. The van der Waals surface area contributed by atoms with Crippen LogP contribution in [0.3, 0.4) is 0 Å². The van der Waals surface area contributed by atoms with Gasteiger partial charge in [0.05, 0.1) is 11.8 Å². The fourth-order valence-corrected chi connectivity index (χ4v) is 3.88. The number of aromatic amines is 1. The van der Waals surface area contributed by atoms with Gasteiger partial charge in [-0.3, -0.25) is 23.9 Å². The first-order valence-corrected chi connectivity index (χ1v) is 11.3.